The number of aromatic carboxylic acids is 1. The van der Waals surface area contributed by atoms with E-state index in [0.717, 1.165) is 16.8 Å². The molecule has 0 spiro atoms. The van der Waals surface area contributed by atoms with E-state index in [9.17, 15) is 4.79 Å². The molecule has 4 nitrogen and oxygen atoms in total. The predicted molar refractivity (Wildman–Crippen MR) is 71.1 cm³/mol. The van der Waals surface area contributed by atoms with Gasteiger partial charge in [0.25, 0.3) is 0 Å². The van der Waals surface area contributed by atoms with E-state index < -0.39 is 5.97 Å². The summed E-state index contributed by atoms with van der Waals surface area (Å²) < 4.78 is 1.94. The molecule has 2 aromatic rings. The fourth-order valence-electron chi connectivity index (χ4n) is 2.14. The third kappa shape index (κ3) is 2.50. The number of nitriles is 1. The molecule has 96 valence electrons. The Morgan fingerprint density at radius 2 is 1.95 bits per heavy atom. The van der Waals surface area contributed by atoms with Crippen LogP contribution < -0.4 is 0 Å². The summed E-state index contributed by atoms with van der Waals surface area (Å²) in [6.45, 7) is 4.44. The van der Waals surface area contributed by atoms with Crippen LogP contribution in [0.15, 0.2) is 30.3 Å². The zero-order valence-electron chi connectivity index (χ0n) is 10.8. The van der Waals surface area contributed by atoms with Crippen LogP contribution in [0.4, 0.5) is 0 Å². The van der Waals surface area contributed by atoms with Crippen LogP contribution in [-0.2, 0) is 6.54 Å². The number of rotatable bonds is 3. The van der Waals surface area contributed by atoms with Gasteiger partial charge in [0.05, 0.1) is 5.56 Å². The molecule has 0 amide bonds. The Morgan fingerprint density at radius 3 is 2.47 bits per heavy atom. The lowest BCUT2D eigenvalue weighted by molar-refractivity contribution is 0.0697. The van der Waals surface area contributed by atoms with Crippen LogP contribution >= 0.6 is 0 Å². The van der Waals surface area contributed by atoms with Crippen LogP contribution in [0.1, 0.15) is 32.9 Å². The molecule has 0 atom stereocenters. The molecule has 1 heterocycles. The molecule has 0 aliphatic heterocycles. The minimum atomic E-state index is -0.933. The van der Waals surface area contributed by atoms with Gasteiger partial charge in [-0.25, -0.2) is 4.79 Å². The highest BCUT2D eigenvalue weighted by molar-refractivity contribution is 5.87. The zero-order chi connectivity index (χ0) is 14.0. The van der Waals surface area contributed by atoms with Crippen molar-refractivity contribution in [1.29, 1.82) is 5.26 Å². The average Bonchev–Trinajstić information content (AvgIpc) is 2.64. The molecule has 1 aromatic carbocycles. The molecule has 1 N–H and O–H groups in total. The normalized spacial score (nSPS) is 10.2. The first-order valence-electron chi connectivity index (χ1n) is 5.92. The van der Waals surface area contributed by atoms with Crippen molar-refractivity contribution in [2.75, 3.05) is 0 Å². The molecule has 0 saturated carbocycles. The average molecular weight is 254 g/mol. The van der Waals surface area contributed by atoms with Gasteiger partial charge in [0.1, 0.15) is 11.8 Å². The summed E-state index contributed by atoms with van der Waals surface area (Å²) in [6.07, 6.45) is 0. The fourth-order valence-corrected chi connectivity index (χ4v) is 2.14. The maximum atomic E-state index is 10.8. The van der Waals surface area contributed by atoms with Crippen molar-refractivity contribution >= 4 is 5.97 Å². The van der Waals surface area contributed by atoms with Gasteiger partial charge >= 0.3 is 5.97 Å². The molecule has 0 bridgehead atoms. The molecule has 2 rings (SSSR count). The first-order valence-corrected chi connectivity index (χ1v) is 5.92. The van der Waals surface area contributed by atoms with Crippen LogP contribution in [0.2, 0.25) is 0 Å². The van der Waals surface area contributed by atoms with E-state index in [2.05, 4.69) is 6.07 Å². The maximum absolute atomic E-state index is 10.8. The Hall–Kier alpha value is -2.54. The Bertz CT molecular complexity index is 661. The van der Waals surface area contributed by atoms with Gasteiger partial charge in [-0.05, 0) is 43.2 Å². The molecule has 0 aliphatic rings. The fraction of sp³-hybridized carbons (Fsp3) is 0.200. The topological polar surface area (TPSA) is 66.0 Å². The second-order valence-electron chi connectivity index (χ2n) is 4.52. The lowest BCUT2D eigenvalue weighted by atomic mass is 10.1. The van der Waals surface area contributed by atoms with Gasteiger partial charge in [-0.15, -0.1) is 0 Å². The molecule has 0 aliphatic carbocycles. The maximum Gasteiger partial charge on any atom is 0.335 e. The summed E-state index contributed by atoms with van der Waals surface area (Å²) in [4.78, 5) is 10.8. The first kappa shape index (κ1) is 12.9. The minimum Gasteiger partial charge on any atom is -0.478 e. The third-order valence-corrected chi connectivity index (χ3v) is 3.14. The summed E-state index contributed by atoms with van der Waals surface area (Å²) in [5.74, 6) is -0.933. The van der Waals surface area contributed by atoms with Gasteiger partial charge in [-0.3, -0.25) is 0 Å². The monoisotopic (exact) mass is 254 g/mol. The molecule has 0 fully saturated rings. The summed E-state index contributed by atoms with van der Waals surface area (Å²) in [6, 6.07) is 10.9. The molecule has 4 heteroatoms. The number of carboxylic acid groups (broad SMARTS) is 1. The number of nitrogens with zero attached hydrogens (tertiary/aromatic N) is 2. The number of carbonyl (C=O) groups is 1. The van der Waals surface area contributed by atoms with E-state index in [1.54, 1.807) is 24.3 Å². The van der Waals surface area contributed by atoms with Gasteiger partial charge in [-0.1, -0.05) is 12.1 Å². The summed E-state index contributed by atoms with van der Waals surface area (Å²) >= 11 is 0. The SMILES string of the molecule is Cc1cc(C)n(Cc2ccc(C(=O)O)cc2)c1C#N. The standard InChI is InChI=1S/C15H14N2O2/c1-10-7-11(2)17(14(10)8-16)9-12-3-5-13(6-4-12)15(18)19/h3-7H,9H2,1-2H3,(H,18,19). The van der Waals surface area contributed by atoms with Crippen LogP contribution in [-0.4, -0.2) is 15.6 Å². The summed E-state index contributed by atoms with van der Waals surface area (Å²) in [5.41, 5.74) is 3.88. The molecule has 0 radical (unpaired) electrons. The number of benzene rings is 1. The molecular weight excluding hydrogens is 240 g/mol. The van der Waals surface area contributed by atoms with Gasteiger partial charge < -0.3 is 9.67 Å². The van der Waals surface area contributed by atoms with E-state index in [1.807, 2.05) is 24.5 Å². The Morgan fingerprint density at radius 1 is 1.32 bits per heavy atom. The molecular formula is C15H14N2O2. The summed E-state index contributed by atoms with van der Waals surface area (Å²) in [7, 11) is 0. The smallest absolute Gasteiger partial charge is 0.335 e. The first-order chi connectivity index (χ1) is 9.02. The van der Waals surface area contributed by atoms with E-state index in [1.165, 1.54) is 0 Å². The van der Waals surface area contributed by atoms with Crippen molar-refractivity contribution in [2.45, 2.75) is 20.4 Å². The lowest BCUT2D eigenvalue weighted by Gasteiger charge is -2.08. The molecule has 19 heavy (non-hydrogen) atoms. The van der Waals surface area contributed by atoms with E-state index in [4.69, 9.17) is 10.4 Å². The van der Waals surface area contributed by atoms with E-state index in [-0.39, 0.29) is 5.56 Å². The second kappa shape index (κ2) is 4.99. The van der Waals surface area contributed by atoms with E-state index >= 15 is 0 Å². The number of hydrogen-bond acceptors (Lipinski definition) is 2. The highest BCUT2D eigenvalue weighted by Crippen LogP contribution is 2.16. The van der Waals surface area contributed by atoms with Gasteiger partial charge in [0.2, 0.25) is 0 Å². The quantitative estimate of drug-likeness (QED) is 0.915. The van der Waals surface area contributed by atoms with Crippen molar-refractivity contribution in [3.63, 3.8) is 0 Å². The minimum absolute atomic E-state index is 0.268. The van der Waals surface area contributed by atoms with Crippen molar-refractivity contribution in [2.24, 2.45) is 0 Å². The number of hydrogen-bond donors (Lipinski definition) is 1. The highest BCUT2D eigenvalue weighted by atomic mass is 16.4. The van der Waals surface area contributed by atoms with Gasteiger partial charge in [0, 0.05) is 12.2 Å². The summed E-state index contributed by atoms with van der Waals surface area (Å²) in [5, 5.41) is 18.0. The van der Waals surface area contributed by atoms with Crippen LogP contribution in [0, 0.1) is 25.2 Å². The Balaban J connectivity index is 2.32. The third-order valence-electron chi connectivity index (χ3n) is 3.14. The van der Waals surface area contributed by atoms with Crippen LogP contribution in [0.5, 0.6) is 0 Å². The van der Waals surface area contributed by atoms with Gasteiger partial charge in [-0.2, -0.15) is 5.26 Å². The zero-order valence-corrected chi connectivity index (χ0v) is 10.8. The highest BCUT2D eigenvalue weighted by Gasteiger charge is 2.10. The van der Waals surface area contributed by atoms with Crippen LogP contribution in [0.25, 0.3) is 0 Å². The van der Waals surface area contributed by atoms with Gasteiger partial charge in [0.15, 0.2) is 0 Å². The number of aromatic nitrogens is 1. The van der Waals surface area contributed by atoms with Crippen molar-refractivity contribution in [3.8, 4) is 6.07 Å². The number of aryl methyl sites for hydroxylation is 2. The van der Waals surface area contributed by atoms with Crippen molar-refractivity contribution in [1.82, 2.24) is 4.57 Å². The second-order valence-corrected chi connectivity index (χ2v) is 4.52. The van der Waals surface area contributed by atoms with E-state index in [0.29, 0.717) is 12.2 Å². The molecule has 0 unspecified atom stereocenters. The Kier molecular flexibility index (Phi) is 3.39. The van der Waals surface area contributed by atoms with Crippen LogP contribution in [0.3, 0.4) is 0 Å². The largest absolute Gasteiger partial charge is 0.478 e. The van der Waals surface area contributed by atoms with Crippen molar-refractivity contribution in [3.05, 3.63) is 58.4 Å². The Labute approximate surface area is 111 Å². The predicted octanol–water partition coefficient (Wildman–Crippen LogP) is 2.72. The lowest BCUT2D eigenvalue weighted by Crippen LogP contribution is -2.05. The number of carboxylic acids is 1. The molecule has 1 aromatic heterocycles. The van der Waals surface area contributed by atoms with Crippen molar-refractivity contribution < 1.29 is 9.90 Å². The molecule has 0 saturated heterocycles.